The largest absolute Gasteiger partial charge is 0.445 e. The van der Waals surface area contributed by atoms with Crippen LogP contribution >= 0.6 is 0 Å². The Labute approximate surface area is 131 Å². The van der Waals surface area contributed by atoms with Crippen molar-refractivity contribution in [1.29, 1.82) is 0 Å². The van der Waals surface area contributed by atoms with E-state index in [-0.39, 0.29) is 11.7 Å². The first kappa shape index (κ1) is 18.8. The van der Waals surface area contributed by atoms with E-state index in [0.29, 0.717) is 0 Å². The van der Waals surface area contributed by atoms with Crippen LogP contribution in [0.2, 0.25) is 0 Å². The number of benzene rings is 1. The molecule has 1 aromatic rings. The standard InChI is InChI=1S/C14H17F3N2O4/c1-10(12(20)19(22-2)9-14(15,16)17)18-13(21)23-8-11-6-4-3-5-7-11/h3-7,10H,8-9H2,1-2H3,(H,18,21)/t10-/m1/s1. The molecule has 1 rings (SSSR count). The number of hydroxylamine groups is 2. The van der Waals surface area contributed by atoms with Crippen molar-refractivity contribution in [2.24, 2.45) is 0 Å². The Balaban J connectivity index is 2.48. The number of rotatable bonds is 6. The molecule has 0 aliphatic carbocycles. The summed E-state index contributed by atoms with van der Waals surface area (Å²) in [5, 5.41) is 2.28. The van der Waals surface area contributed by atoms with E-state index in [2.05, 4.69) is 10.2 Å². The average Bonchev–Trinajstić information content (AvgIpc) is 2.50. The summed E-state index contributed by atoms with van der Waals surface area (Å²) >= 11 is 0. The van der Waals surface area contributed by atoms with Crippen molar-refractivity contribution in [2.75, 3.05) is 13.7 Å². The van der Waals surface area contributed by atoms with Crippen LogP contribution in [-0.2, 0) is 21.0 Å². The normalized spacial score (nSPS) is 12.4. The number of hydrogen-bond acceptors (Lipinski definition) is 4. The summed E-state index contributed by atoms with van der Waals surface area (Å²) in [5.41, 5.74) is 0.734. The maximum Gasteiger partial charge on any atom is 0.408 e. The van der Waals surface area contributed by atoms with Gasteiger partial charge in [0.1, 0.15) is 19.2 Å². The van der Waals surface area contributed by atoms with Crippen molar-refractivity contribution in [3.8, 4) is 0 Å². The summed E-state index contributed by atoms with van der Waals surface area (Å²) in [6.07, 6.45) is -5.53. The second kappa shape index (κ2) is 8.37. The van der Waals surface area contributed by atoms with Crippen molar-refractivity contribution >= 4 is 12.0 Å². The molecule has 0 aromatic heterocycles. The Morgan fingerprint density at radius 3 is 2.39 bits per heavy atom. The van der Waals surface area contributed by atoms with Crippen LogP contribution in [0, 0.1) is 0 Å². The Kier molecular flexibility index (Phi) is 6.83. The lowest BCUT2D eigenvalue weighted by molar-refractivity contribution is -0.224. The minimum atomic E-state index is -4.61. The van der Waals surface area contributed by atoms with Gasteiger partial charge in [0.25, 0.3) is 5.91 Å². The van der Waals surface area contributed by atoms with Gasteiger partial charge in [-0.25, -0.2) is 9.86 Å². The summed E-state index contributed by atoms with van der Waals surface area (Å²) in [5.74, 6) is -1.04. The molecule has 0 bridgehead atoms. The van der Waals surface area contributed by atoms with Crippen molar-refractivity contribution < 1.29 is 32.3 Å². The smallest absolute Gasteiger partial charge is 0.408 e. The number of nitrogens with one attached hydrogen (secondary N) is 1. The van der Waals surface area contributed by atoms with Crippen molar-refractivity contribution in [2.45, 2.75) is 25.7 Å². The highest BCUT2D eigenvalue weighted by Crippen LogP contribution is 2.17. The number of amides is 2. The van der Waals surface area contributed by atoms with Gasteiger partial charge in [-0.3, -0.25) is 9.63 Å². The fraction of sp³-hybridized carbons (Fsp3) is 0.429. The number of carbonyl (C=O) groups excluding carboxylic acids is 2. The fourth-order valence-electron chi connectivity index (χ4n) is 1.61. The predicted octanol–water partition coefficient (Wildman–Crippen LogP) is 2.25. The van der Waals surface area contributed by atoms with Gasteiger partial charge in [-0.05, 0) is 12.5 Å². The Morgan fingerprint density at radius 2 is 1.87 bits per heavy atom. The molecular formula is C14H17F3N2O4. The number of ether oxygens (including phenoxy) is 1. The van der Waals surface area contributed by atoms with Crippen LogP contribution in [0.25, 0.3) is 0 Å². The highest BCUT2D eigenvalue weighted by molar-refractivity contribution is 5.84. The molecule has 2 amide bonds. The summed E-state index contributed by atoms with van der Waals surface area (Å²) in [7, 11) is 0.935. The van der Waals surface area contributed by atoms with E-state index in [1.54, 1.807) is 30.3 Å². The average molecular weight is 334 g/mol. The van der Waals surface area contributed by atoms with Gasteiger partial charge in [-0.15, -0.1) is 0 Å². The van der Waals surface area contributed by atoms with Gasteiger partial charge in [0.2, 0.25) is 0 Å². The maximum atomic E-state index is 12.3. The molecule has 9 heteroatoms. The van der Waals surface area contributed by atoms with Gasteiger partial charge in [-0.2, -0.15) is 13.2 Å². The van der Waals surface area contributed by atoms with Gasteiger partial charge in [0.15, 0.2) is 0 Å². The second-order valence-corrected chi connectivity index (χ2v) is 4.60. The van der Waals surface area contributed by atoms with Crippen LogP contribution in [0.1, 0.15) is 12.5 Å². The summed E-state index contributed by atoms with van der Waals surface area (Å²) in [6, 6.07) is 7.55. The van der Waals surface area contributed by atoms with Crippen LogP contribution in [0.5, 0.6) is 0 Å². The number of alkyl halides is 3. The Morgan fingerprint density at radius 1 is 1.26 bits per heavy atom. The first-order chi connectivity index (χ1) is 10.7. The highest BCUT2D eigenvalue weighted by atomic mass is 19.4. The molecule has 0 spiro atoms. The van der Waals surface area contributed by atoms with E-state index in [1.165, 1.54) is 6.92 Å². The fourth-order valence-corrected chi connectivity index (χ4v) is 1.61. The molecule has 1 atom stereocenters. The molecule has 0 unspecified atom stereocenters. The summed E-state index contributed by atoms with van der Waals surface area (Å²) in [6.45, 7) is -0.369. The van der Waals surface area contributed by atoms with Crippen LogP contribution in [0.3, 0.4) is 0 Å². The van der Waals surface area contributed by atoms with Gasteiger partial charge in [0.05, 0.1) is 7.11 Å². The molecule has 0 saturated carbocycles. The third-order valence-electron chi connectivity index (χ3n) is 2.71. The minimum Gasteiger partial charge on any atom is -0.445 e. The van der Waals surface area contributed by atoms with E-state index in [0.717, 1.165) is 12.7 Å². The highest BCUT2D eigenvalue weighted by Gasteiger charge is 2.35. The van der Waals surface area contributed by atoms with Crippen LogP contribution in [0.4, 0.5) is 18.0 Å². The molecule has 0 saturated heterocycles. The monoisotopic (exact) mass is 334 g/mol. The predicted molar refractivity (Wildman–Crippen MR) is 74.0 cm³/mol. The molecule has 0 aliphatic rings. The zero-order valence-corrected chi connectivity index (χ0v) is 12.6. The van der Waals surface area contributed by atoms with E-state index in [9.17, 15) is 22.8 Å². The van der Waals surface area contributed by atoms with Crippen molar-refractivity contribution in [3.63, 3.8) is 0 Å². The van der Waals surface area contributed by atoms with Crippen molar-refractivity contribution in [3.05, 3.63) is 35.9 Å². The third-order valence-corrected chi connectivity index (χ3v) is 2.71. The van der Waals surface area contributed by atoms with Crippen LogP contribution < -0.4 is 5.32 Å². The van der Waals surface area contributed by atoms with Gasteiger partial charge in [-0.1, -0.05) is 30.3 Å². The lowest BCUT2D eigenvalue weighted by Crippen LogP contribution is -2.49. The molecule has 23 heavy (non-hydrogen) atoms. The third kappa shape index (κ3) is 7.00. The Bertz CT molecular complexity index is 523. The van der Waals surface area contributed by atoms with Crippen LogP contribution in [0.15, 0.2) is 30.3 Å². The zero-order valence-electron chi connectivity index (χ0n) is 12.6. The summed E-state index contributed by atoms with van der Waals surface area (Å²) in [4.78, 5) is 27.7. The topological polar surface area (TPSA) is 67.9 Å². The molecular weight excluding hydrogens is 317 g/mol. The lowest BCUT2D eigenvalue weighted by atomic mass is 10.2. The maximum absolute atomic E-state index is 12.3. The number of carbonyl (C=O) groups is 2. The molecule has 0 aliphatic heterocycles. The first-order valence-corrected chi connectivity index (χ1v) is 6.62. The van der Waals surface area contributed by atoms with E-state index in [1.807, 2.05) is 0 Å². The minimum absolute atomic E-state index is 0.0237. The molecule has 6 nitrogen and oxygen atoms in total. The van der Waals surface area contributed by atoms with Crippen LogP contribution in [-0.4, -0.2) is 42.9 Å². The number of halogens is 3. The van der Waals surface area contributed by atoms with E-state index < -0.39 is 30.8 Å². The SMILES string of the molecule is CON(CC(F)(F)F)C(=O)[C@@H](C)NC(=O)OCc1ccccc1. The summed E-state index contributed by atoms with van der Waals surface area (Å²) < 4.78 is 41.8. The first-order valence-electron chi connectivity index (χ1n) is 6.62. The number of alkyl carbamates (subject to hydrolysis) is 1. The number of nitrogens with zero attached hydrogens (tertiary/aromatic N) is 1. The van der Waals surface area contributed by atoms with Gasteiger partial charge in [0, 0.05) is 0 Å². The van der Waals surface area contributed by atoms with Gasteiger partial charge >= 0.3 is 12.3 Å². The Hall–Kier alpha value is -2.29. The second-order valence-electron chi connectivity index (χ2n) is 4.60. The lowest BCUT2D eigenvalue weighted by Gasteiger charge is -2.24. The van der Waals surface area contributed by atoms with Gasteiger partial charge < -0.3 is 10.1 Å². The molecule has 128 valence electrons. The molecule has 1 aromatic carbocycles. The molecule has 0 fully saturated rings. The molecule has 1 N–H and O–H groups in total. The molecule has 0 radical (unpaired) electrons. The van der Waals surface area contributed by atoms with E-state index >= 15 is 0 Å². The number of hydrogen-bond donors (Lipinski definition) is 1. The zero-order chi connectivity index (χ0) is 17.5. The molecule has 0 heterocycles. The van der Waals surface area contributed by atoms with E-state index in [4.69, 9.17) is 4.74 Å². The quantitative estimate of drug-likeness (QED) is 0.810. The van der Waals surface area contributed by atoms with Crippen molar-refractivity contribution in [1.82, 2.24) is 10.4 Å².